The number of hydrogen-bond acceptors (Lipinski definition) is 6. The van der Waals surface area contributed by atoms with Gasteiger partial charge in [0.15, 0.2) is 16.8 Å². The summed E-state index contributed by atoms with van der Waals surface area (Å²) in [6.07, 6.45) is 0.809. The normalized spacial score (nSPS) is 12.0. The minimum atomic E-state index is -0.318. The lowest BCUT2D eigenvalue weighted by Gasteiger charge is -2.13. The van der Waals surface area contributed by atoms with Crippen molar-refractivity contribution in [3.63, 3.8) is 0 Å². The predicted molar refractivity (Wildman–Crippen MR) is 120 cm³/mol. The number of ether oxygens (including phenoxy) is 2. The van der Waals surface area contributed by atoms with Gasteiger partial charge in [-0.05, 0) is 61.9 Å². The number of rotatable bonds is 10. The number of halogens is 1. The van der Waals surface area contributed by atoms with Crippen LogP contribution in [0.2, 0.25) is 5.02 Å². The van der Waals surface area contributed by atoms with Gasteiger partial charge in [-0.25, -0.2) is 0 Å². The molecule has 0 bridgehead atoms. The molecule has 158 valence electrons. The lowest BCUT2D eigenvalue weighted by Crippen LogP contribution is -2.15. The van der Waals surface area contributed by atoms with Crippen molar-refractivity contribution >= 4 is 29.1 Å². The van der Waals surface area contributed by atoms with Crippen molar-refractivity contribution in [1.29, 1.82) is 0 Å². The minimum absolute atomic E-state index is 0.0298. The molecule has 0 amide bonds. The first-order valence-electron chi connectivity index (χ1n) is 9.56. The van der Waals surface area contributed by atoms with E-state index < -0.39 is 0 Å². The zero-order valence-electron chi connectivity index (χ0n) is 17.2. The highest BCUT2D eigenvalue weighted by molar-refractivity contribution is 8.00. The molecule has 2 aromatic carbocycles. The first-order valence-corrected chi connectivity index (χ1v) is 10.8. The molecule has 30 heavy (non-hydrogen) atoms. The Balaban J connectivity index is 1.82. The van der Waals surface area contributed by atoms with E-state index in [2.05, 4.69) is 10.2 Å². The molecule has 0 saturated heterocycles. The van der Waals surface area contributed by atoms with Crippen molar-refractivity contribution in [3.05, 3.63) is 59.1 Å². The summed E-state index contributed by atoms with van der Waals surface area (Å²) < 4.78 is 12.4. The Morgan fingerprint density at radius 1 is 1.10 bits per heavy atom. The predicted octanol–water partition coefficient (Wildman–Crippen LogP) is 5.01. The first kappa shape index (κ1) is 22.3. The Morgan fingerprint density at radius 3 is 2.43 bits per heavy atom. The Bertz CT molecular complexity index is 974. The van der Waals surface area contributed by atoms with E-state index in [0.29, 0.717) is 28.9 Å². The van der Waals surface area contributed by atoms with Crippen molar-refractivity contribution in [2.75, 3.05) is 20.8 Å². The molecule has 1 atom stereocenters. The third kappa shape index (κ3) is 5.41. The third-order valence-corrected chi connectivity index (χ3v) is 5.91. The number of benzene rings is 2. The molecule has 0 aliphatic heterocycles. The topological polar surface area (TPSA) is 66.2 Å². The second kappa shape index (κ2) is 10.6. The molecule has 0 fully saturated rings. The summed E-state index contributed by atoms with van der Waals surface area (Å²) in [6.45, 7) is 3.20. The van der Waals surface area contributed by atoms with Crippen molar-refractivity contribution in [2.24, 2.45) is 0 Å². The molecule has 3 aromatic rings. The molecule has 0 aliphatic rings. The summed E-state index contributed by atoms with van der Waals surface area (Å²) in [5.74, 6) is 1.49. The van der Waals surface area contributed by atoms with Crippen molar-refractivity contribution in [2.45, 2.75) is 30.3 Å². The van der Waals surface area contributed by atoms with E-state index >= 15 is 0 Å². The maximum absolute atomic E-state index is 12.9. The summed E-state index contributed by atoms with van der Waals surface area (Å²) in [4.78, 5) is 12.9. The Labute approximate surface area is 185 Å². The zero-order valence-corrected chi connectivity index (χ0v) is 18.7. The average molecular weight is 446 g/mol. The van der Waals surface area contributed by atoms with Gasteiger partial charge >= 0.3 is 0 Å². The first-order chi connectivity index (χ1) is 14.5. The fraction of sp³-hybridized carbons (Fsp3) is 0.318. The second-order valence-electron chi connectivity index (χ2n) is 6.66. The van der Waals surface area contributed by atoms with Gasteiger partial charge in [0.05, 0.1) is 12.4 Å². The van der Waals surface area contributed by atoms with Gasteiger partial charge in [0.1, 0.15) is 5.75 Å². The van der Waals surface area contributed by atoms with Crippen molar-refractivity contribution < 1.29 is 14.3 Å². The third-order valence-electron chi connectivity index (χ3n) is 4.58. The molecule has 0 saturated carbocycles. The number of carbonyl (C=O) groups is 1. The van der Waals surface area contributed by atoms with Gasteiger partial charge in [0.2, 0.25) is 0 Å². The molecule has 1 aromatic heterocycles. The summed E-state index contributed by atoms with van der Waals surface area (Å²) >= 11 is 7.42. The van der Waals surface area contributed by atoms with Crippen LogP contribution in [0.3, 0.4) is 0 Å². The molecule has 3 rings (SSSR count). The van der Waals surface area contributed by atoms with Crippen LogP contribution in [0.15, 0.2) is 53.7 Å². The largest absolute Gasteiger partial charge is 0.497 e. The van der Waals surface area contributed by atoms with Crippen LogP contribution in [0.25, 0.3) is 11.4 Å². The van der Waals surface area contributed by atoms with Gasteiger partial charge in [-0.15, -0.1) is 10.2 Å². The number of methoxy groups -OCH3 is 2. The summed E-state index contributed by atoms with van der Waals surface area (Å²) in [7, 11) is 3.28. The molecule has 0 N–H and O–H groups in total. The molecule has 0 spiro atoms. The highest BCUT2D eigenvalue weighted by atomic mass is 35.5. The van der Waals surface area contributed by atoms with Gasteiger partial charge in [0.25, 0.3) is 0 Å². The number of aromatic nitrogens is 3. The molecule has 0 radical (unpaired) electrons. The van der Waals surface area contributed by atoms with E-state index in [1.807, 2.05) is 35.8 Å². The number of nitrogens with zero attached hydrogens (tertiary/aromatic N) is 3. The summed E-state index contributed by atoms with van der Waals surface area (Å²) in [6, 6.07) is 14.6. The van der Waals surface area contributed by atoms with Crippen molar-refractivity contribution in [3.8, 4) is 17.1 Å². The number of Topliss-reactive ketones (excluding diaryl/α,β-unsaturated/α-hetero) is 1. The quantitative estimate of drug-likeness (QED) is 0.248. The maximum atomic E-state index is 12.9. The van der Waals surface area contributed by atoms with Crippen LogP contribution >= 0.6 is 23.4 Å². The zero-order chi connectivity index (χ0) is 21.5. The van der Waals surface area contributed by atoms with Gasteiger partial charge in [0, 0.05) is 36.4 Å². The van der Waals surface area contributed by atoms with E-state index in [0.717, 1.165) is 23.6 Å². The molecule has 6 nitrogen and oxygen atoms in total. The molecule has 1 heterocycles. The van der Waals surface area contributed by atoms with E-state index in [-0.39, 0.29) is 11.0 Å². The van der Waals surface area contributed by atoms with Crippen LogP contribution in [0.5, 0.6) is 5.75 Å². The maximum Gasteiger partial charge on any atom is 0.192 e. The van der Waals surface area contributed by atoms with Crippen LogP contribution in [0, 0.1) is 0 Å². The number of thioether (sulfide) groups is 1. The second-order valence-corrected chi connectivity index (χ2v) is 8.41. The monoisotopic (exact) mass is 445 g/mol. The van der Waals surface area contributed by atoms with E-state index in [1.54, 1.807) is 38.5 Å². The smallest absolute Gasteiger partial charge is 0.192 e. The van der Waals surface area contributed by atoms with Crippen LogP contribution in [-0.2, 0) is 11.3 Å². The number of carbonyl (C=O) groups excluding carboxylic acids is 1. The average Bonchev–Trinajstić information content (AvgIpc) is 3.16. The Hall–Kier alpha value is -2.35. The SMILES string of the molecule is COCCCn1c(SC(C)C(=O)c2ccc(OC)cc2)nnc1-c1ccc(Cl)cc1. The summed E-state index contributed by atoms with van der Waals surface area (Å²) in [5, 5.41) is 9.80. The standard InChI is InChI=1S/C22H24ClN3O3S/c1-15(20(27)16-7-11-19(29-3)12-8-16)30-22-25-24-21(26(22)13-4-14-28-2)17-5-9-18(23)10-6-17/h5-12,15H,4,13-14H2,1-3H3. The van der Waals surface area contributed by atoms with Gasteiger partial charge < -0.3 is 14.0 Å². The van der Waals surface area contributed by atoms with E-state index in [4.69, 9.17) is 21.1 Å². The molecule has 1 unspecified atom stereocenters. The van der Waals surface area contributed by atoms with Crippen LogP contribution in [0.1, 0.15) is 23.7 Å². The highest BCUT2D eigenvalue weighted by Gasteiger charge is 2.22. The minimum Gasteiger partial charge on any atom is -0.497 e. The van der Waals surface area contributed by atoms with Crippen LogP contribution < -0.4 is 4.74 Å². The Kier molecular flexibility index (Phi) is 7.90. The number of ketones is 1. The number of hydrogen-bond donors (Lipinski definition) is 0. The van der Waals surface area contributed by atoms with Crippen LogP contribution in [0.4, 0.5) is 0 Å². The molecular formula is C22H24ClN3O3S. The fourth-order valence-corrected chi connectivity index (χ4v) is 4.04. The summed E-state index contributed by atoms with van der Waals surface area (Å²) in [5.41, 5.74) is 1.56. The Morgan fingerprint density at radius 2 is 1.80 bits per heavy atom. The highest BCUT2D eigenvalue weighted by Crippen LogP contribution is 2.29. The van der Waals surface area contributed by atoms with Crippen molar-refractivity contribution in [1.82, 2.24) is 14.8 Å². The lowest BCUT2D eigenvalue weighted by atomic mass is 10.1. The van der Waals surface area contributed by atoms with E-state index in [1.165, 1.54) is 11.8 Å². The van der Waals surface area contributed by atoms with Gasteiger partial charge in [-0.2, -0.15) is 0 Å². The van der Waals surface area contributed by atoms with Gasteiger partial charge in [-0.1, -0.05) is 23.4 Å². The van der Waals surface area contributed by atoms with Gasteiger partial charge in [-0.3, -0.25) is 4.79 Å². The lowest BCUT2D eigenvalue weighted by molar-refractivity contribution is 0.0993. The molecular weight excluding hydrogens is 422 g/mol. The molecule has 8 heteroatoms. The van der Waals surface area contributed by atoms with Crippen LogP contribution in [-0.4, -0.2) is 46.6 Å². The van der Waals surface area contributed by atoms with E-state index in [9.17, 15) is 4.79 Å². The molecule has 0 aliphatic carbocycles. The fourth-order valence-electron chi connectivity index (χ4n) is 2.96.